The Morgan fingerprint density at radius 2 is 1.66 bits per heavy atom. The minimum atomic E-state index is -0.0995. The first-order chi connectivity index (χ1) is 18.6. The quantitative estimate of drug-likeness (QED) is 0.244. The molecule has 0 radical (unpaired) electrons. The van der Waals surface area contributed by atoms with Gasteiger partial charge in [0.1, 0.15) is 0 Å². The normalized spacial score (nSPS) is 11.3. The fraction of sp³-hybridized carbons (Fsp3) is 0.133. The van der Waals surface area contributed by atoms with E-state index in [-0.39, 0.29) is 11.7 Å². The summed E-state index contributed by atoms with van der Waals surface area (Å²) in [5, 5.41) is 14.9. The molecule has 0 aliphatic rings. The van der Waals surface area contributed by atoms with Crippen LogP contribution in [0, 0.1) is 6.92 Å². The molecule has 1 amide bonds. The third kappa shape index (κ3) is 4.43. The van der Waals surface area contributed by atoms with Crippen LogP contribution in [0.4, 0.5) is 5.69 Å². The highest BCUT2D eigenvalue weighted by Gasteiger charge is 2.18. The number of nitrogens with one attached hydrogen (secondary N) is 1. The van der Waals surface area contributed by atoms with E-state index in [2.05, 4.69) is 81.4 Å². The number of amides is 1. The Bertz CT molecular complexity index is 1760. The second-order valence-corrected chi connectivity index (χ2v) is 9.99. The number of para-hydroxylation sites is 1. The molecule has 0 aliphatic heterocycles. The van der Waals surface area contributed by atoms with Gasteiger partial charge in [0, 0.05) is 57.7 Å². The maximum absolute atomic E-state index is 13.0. The molecule has 38 heavy (non-hydrogen) atoms. The molecule has 3 aromatic heterocycles. The van der Waals surface area contributed by atoms with Crippen LogP contribution in [0.3, 0.4) is 0 Å². The molecule has 6 rings (SSSR count). The molecular weight excluding hydrogens is 492 g/mol. The Labute approximate surface area is 224 Å². The summed E-state index contributed by atoms with van der Waals surface area (Å²) in [6, 6.07) is 26.5. The Kier molecular flexibility index (Phi) is 6.39. The smallest absolute Gasteiger partial charge is 0.234 e. The van der Waals surface area contributed by atoms with Crippen molar-refractivity contribution in [3.63, 3.8) is 0 Å². The van der Waals surface area contributed by atoms with Gasteiger partial charge in [-0.2, -0.15) is 0 Å². The standard InChI is InChI=1S/C30H26N6OS/c1-3-35-26-7-5-4-6-24(26)25-18-22(10-13-27(25)35)32-28(37)19-38-30-34-33-29(21-14-16-31-17-15-21)36(30)23-11-8-20(2)9-12-23/h4-18H,3,19H2,1-2H3,(H,32,37). The van der Waals surface area contributed by atoms with Crippen LogP contribution in [0.15, 0.2) is 96.4 Å². The first-order valence-corrected chi connectivity index (χ1v) is 13.5. The van der Waals surface area contributed by atoms with E-state index in [1.807, 2.05) is 41.0 Å². The second kappa shape index (κ2) is 10.1. The average Bonchev–Trinajstić information content (AvgIpc) is 3.52. The predicted molar refractivity (Wildman–Crippen MR) is 154 cm³/mol. The molecule has 7 nitrogen and oxygen atoms in total. The molecular formula is C30H26N6OS. The van der Waals surface area contributed by atoms with Gasteiger partial charge < -0.3 is 9.88 Å². The van der Waals surface area contributed by atoms with Crippen LogP contribution in [0.5, 0.6) is 0 Å². The molecule has 0 spiro atoms. The lowest BCUT2D eigenvalue weighted by molar-refractivity contribution is -0.113. The molecule has 3 aromatic carbocycles. The van der Waals surface area contributed by atoms with Gasteiger partial charge in [0.15, 0.2) is 11.0 Å². The zero-order valence-corrected chi connectivity index (χ0v) is 21.9. The number of aromatic nitrogens is 5. The van der Waals surface area contributed by atoms with Crippen molar-refractivity contribution in [1.29, 1.82) is 0 Å². The number of anilines is 1. The molecule has 0 saturated carbocycles. The topological polar surface area (TPSA) is 77.6 Å². The minimum absolute atomic E-state index is 0.0995. The van der Waals surface area contributed by atoms with Gasteiger partial charge in [-0.25, -0.2) is 0 Å². The van der Waals surface area contributed by atoms with Crippen LogP contribution in [0.2, 0.25) is 0 Å². The summed E-state index contributed by atoms with van der Waals surface area (Å²) in [4.78, 5) is 17.1. The number of rotatable bonds is 7. The minimum Gasteiger partial charge on any atom is -0.341 e. The molecule has 3 heterocycles. The van der Waals surface area contributed by atoms with E-state index in [1.165, 1.54) is 28.2 Å². The van der Waals surface area contributed by atoms with Crippen molar-refractivity contribution in [2.24, 2.45) is 0 Å². The summed E-state index contributed by atoms with van der Waals surface area (Å²) >= 11 is 1.36. The van der Waals surface area contributed by atoms with Crippen molar-refractivity contribution in [1.82, 2.24) is 24.3 Å². The summed E-state index contributed by atoms with van der Waals surface area (Å²) in [5.41, 5.74) is 6.15. The van der Waals surface area contributed by atoms with Crippen LogP contribution in [-0.2, 0) is 11.3 Å². The van der Waals surface area contributed by atoms with Gasteiger partial charge in [0.2, 0.25) is 5.91 Å². The van der Waals surface area contributed by atoms with Crippen molar-refractivity contribution in [2.45, 2.75) is 25.5 Å². The van der Waals surface area contributed by atoms with Crippen LogP contribution in [0.1, 0.15) is 12.5 Å². The Morgan fingerprint density at radius 3 is 2.45 bits per heavy atom. The number of hydrogen-bond donors (Lipinski definition) is 1. The van der Waals surface area contributed by atoms with Crippen molar-refractivity contribution in [3.8, 4) is 17.1 Å². The van der Waals surface area contributed by atoms with Gasteiger partial charge in [0.25, 0.3) is 0 Å². The van der Waals surface area contributed by atoms with Crippen molar-refractivity contribution in [3.05, 3.63) is 96.8 Å². The zero-order valence-electron chi connectivity index (χ0n) is 21.1. The van der Waals surface area contributed by atoms with E-state index in [0.717, 1.165) is 34.4 Å². The second-order valence-electron chi connectivity index (χ2n) is 9.04. The first-order valence-electron chi connectivity index (χ1n) is 12.5. The van der Waals surface area contributed by atoms with Crippen molar-refractivity contribution in [2.75, 3.05) is 11.1 Å². The molecule has 0 saturated heterocycles. The lowest BCUT2D eigenvalue weighted by Gasteiger charge is -2.11. The molecule has 0 unspecified atom stereocenters. The zero-order chi connectivity index (χ0) is 26.1. The van der Waals surface area contributed by atoms with E-state index < -0.39 is 0 Å². The predicted octanol–water partition coefficient (Wildman–Crippen LogP) is 6.50. The summed E-state index contributed by atoms with van der Waals surface area (Å²) in [5.74, 6) is 0.809. The van der Waals surface area contributed by atoms with Gasteiger partial charge in [-0.3, -0.25) is 14.3 Å². The number of fused-ring (bicyclic) bond motifs is 3. The summed E-state index contributed by atoms with van der Waals surface area (Å²) in [7, 11) is 0. The molecule has 0 fully saturated rings. The van der Waals surface area contributed by atoms with Gasteiger partial charge in [-0.15, -0.1) is 10.2 Å². The van der Waals surface area contributed by atoms with E-state index >= 15 is 0 Å². The van der Waals surface area contributed by atoms with Crippen molar-refractivity contribution >= 4 is 45.2 Å². The fourth-order valence-corrected chi connectivity index (χ4v) is 5.53. The molecule has 8 heteroatoms. The van der Waals surface area contributed by atoms with Gasteiger partial charge in [0.05, 0.1) is 5.75 Å². The monoisotopic (exact) mass is 518 g/mol. The highest BCUT2D eigenvalue weighted by atomic mass is 32.2. The molecule has 1 N–H and O–H groups in total. The third-order valence-electron chi connectivity index (χ3n) is 6.57. The lowest BCUT2D eigenvalue weighted by Crippen LogP contribution is -2.14. The van der Waals surface area contributed by atoms with E-state index in [0.29, 0.717) is 11.0 Å². The number of pyridine rings is 1. The van der Waals surface area contributed by atoms with Gasteiger partial charge in [-0.1, -0.05) is 47.7 Å². The summed E-state index contributed by atoms with van der Waals surface area (Å²) < 4.78 is 4.28. The molecule has 6 aromatic rings. The maximum Gasteiger partial charge on any atom is 0.234 e. The molecule has 0 atom stereocenters. The van der Waals surface area contributed by atoms with Crippen LogP contribution < -0.4 is 5.32 Å². The summed E-state index contributed by atoms with van der Waals surface area (Å²) in [6.07, 6.45) is 3.47. The first kappa shape index (κ1) is 23.9. The maximum atomic E-state index is 13.0. The fourth-order valence-electron chi connectivity index (χ4n) is 4.78. The van der Waals surface area contributed by atoms with Gasteiger partial charge >= 0.3 is 0 Å². The number of nitrogens with zero attached hydrogens (tertiary/aromatic N) is 5. The number of carbonyl (C=O) groups is 1. The number of benzene rings is 3. The van der Waals surface area contributed by atoms with Crippen LogP contribution >= 0.6 is 11.8 Å². The Hall–Kier alpha value is -4.43. The molecule has 188 valence electrons. The number of hydrogen-bond acceptors (Lipinski definition) is 5. The van der Waals surface area contributed by atoms with Gasteiger partial charge in [-0.05, 0) is 62.4 Å². The largest absolute Gasteiger partial charge is 0.341 e. The lowest BCUT2D eigenvalue weighted by atomic mass is 10.1. The third-order valence-corrected chi connectivity index (χ3v) is 7.50. The number of aryl methyl sites for hydroxylation is 2. The van der Waals surface area contributed by atoms with E-state index in [9.17, 15) is 4.79 Å². The average molecular weight is 519 g/mol. The SMILES string of the molecule is CCn1c2ccccc2c2cc(NC(=O)CSc3nnc(-c4ccncc4)n3-c3ccc(C)cc3)ccc21. The Balaban J connectivity index is 1.25. The van der Waals surface area contributed by atoms with Crippen LogP contribution in [-0.4, -0.2) is 36.0 Å². The number of carbonyl (C=O) groups excluding carboxylic acids is 1. The summed E-state index contributed by atoms with van der Waals surface area (Å²) in [6.45, 7) is 5.08. The van der Waals surface area contributed by atoms with Crippen LogP contribution in [0.25, 0.3) is 38.9 Å². The van der Waals surface area contributed by atoms with E-state index in [4.69, 9.17) is 0 Å². The Morgan fingerprint density at radius 1 is 0.895 bits per heavy atom. The molecule has 0 aliphatic carbocycles. The number of thioether (sulfide) groups is 1. The van der Waals surface area contributed by atoms with Crippen molar-refractivity contribution < 1.29 is 4.79 Å². The highest BCUT2D eigenvalue weighted by Crippen LogP contribution is 2.32. The highest BCUT2D eigenvalue weighted by molar-refractivity contribution is 7.99. The van der Waals surface area contributed by atoms with E-state index in [1.54, 1.807) is 12.4 Å². The molecule has 0 bridgehead atoms.